The van der Waals surface area contributed by atoms with Crippen LogP contribution in [-0.2, 0) is 21.6 Å². The van der Waals surface area contributed by atoms with E-state index in [1.807, 2.05) is 41.1 Å². The molecule has 1 unspecified atom stereocenters. The molecule has 0 saturated heterocycles. The van der Waals surface area contributed by atoms with Crippen molar-refractivity contribution in [1.82, 2.24) is 4.90 Å². The van der Waals surface area contributed by atoms with Crippen LogP contribution in [-0.4, -0.2) is 44.6 Å². The first kappa shape index (κ1) is 19.4. The first-order valence-corrected chi connectivity index (χ1v) is 9.57. The third kappa shape index (κ3) is 2.88. The number of carbonyl (C=O) groups is 1. The number of rotatable bonds is 4. The Morgan fingerprint density at radius 1 is 1.10 bits per heavy atom. The maximum atomic E-state index is 12.5. The van der Waals surface area contributed by atoms with Gasteiger partial charge in [0.15, 0.2) is 17.2 Å². The average Bonchev–Trinajstić information content (AvgIpc) is 3.06. The Morgan fingerprint density at radius 2 is 1.76 bits per heavy atom. The Bertz CT molecular complexity index is 992. The third-order valence-electron chi connectivity index (χ3n) is 5.55. The van der Waals surface area contributed by atoms with Crippen molar-refractivity contribution in [2.45, 2.75) is 19.0 Å². The molecule has 152 valence electrons. The van der Waals surface area contributed by atoms with Crippen molar-refractivity contribution in [1.29, 1.82) is 0 Å². The fourth-order valence-electron chi connectivity index (χ4n) is 4.08. The number of amidine groups is 1. The van der Waals surface area contributed by atoms with Crippen LogP contribution >= 0.6 is 11.6 Å². The number of hydrogen-bond acceptors (Lipinski definition) is 7. The van der Waals surface area contributed by atoms with Crippen LogP contribution in [0.4, 0.5) is 5.69 Å². The minimum Gasteiger partial charge on any atom is -0.493 e. The lowest BCUT2D eigenvalue weighted by molar-refractivity contribution is -0.133. The maximum Gasteiger partial charge on any atom is 0.375 e. The molecule has 0 amide bonds. The fourth-order valence-corrected chi connectivity index (χ4v) is 4.21. The molecule has 0 aliphatic carbocycles. The lowest BCUT2D eigenvalue weighted by atomic mass is 9.87. The van der Waals surface area contributed by atoms with Gasteiger partial charge in [-0.1, -0.05) is 11.6 Å². The molecule has 2 aromatic rings. The average molecular weight is 416 g/mol. The van der Waals surface area contributed by atoms with Gasteiger partial charge in [-0.05, 0) is 55.3 Å². The van der Waals surface area contributed by atoms with Crippen molar-refractivity contribution >= 4 is 29.1 Å². The van der Waals surface area contributed by atoms with Crippen LogP contribution in [0.2, 0.25) is 5.02 Å². The lowest BCUT2D eigenvalue weighted by Gasteiger charge is -2.46. The molecule has 0 fully saturated rings. The van der Waals surface area contributed by atoms with Gasteiger partial charge in [0.1, 0.15) is 0 Å². The second kappa shape index (κ2) is 7.15. The largest absolute Gasteiger partial charge is 0.493 e. The molecule has 2 aliphatic heterocycles. The Kier molecular flexibility index (Phi) is 4.78. The first-order chi connectivity index (χ1) is 13.9. The smallest absolute Gasteiger partial charge is 0.375 e. The predicted molar refractivity (Wildman–Crippen MR) is 111 cm³/mol. The van der Waals surface area contributed by atoms with E-state index in [2.05, 4.69) is 5.10 Å². The molecule has 0 bridgehead atoms. The summed E-state index contributed by atoms with van der Waals surface area (Å²) < 4.78 is 16.0. The Balaban J connectivity index is 1.92. The summed E-state index contributed by atoms with van der Waals surface area (Å²) in [6.45, 7) is 2.64. The first-order valence-electron chi connectivity index (χ1n) is 9.19. The van der Waals surface area contributed by atoms with Gasteiger partial charge in [0.2, 0.25) is 5.84 Å². The standard InChI is InChI=1S/C21H22ClN3O4/c1-21-16-12-18(28-3)17(27-2)11-13(16)9-10-24(21)19(20(26)29-4)23-25(21)15-7-5-14(22)6-8-15/h5-8,11-12H,9-10H2,1-4H3. The number of anilines is 1. The van der Waals surface area contributed by atoms with Crippen molar-refractivity contribution in [2.75, 3.05) is 32.9 Å². The second-order valence-electron chi connectivity index (χ2n) is 6.99. The van der Waals surface area contributed by atoms with Gasteiger partial charge in [-0.15, -0.1) is 5.10 Å². The summed E-state index contributed by atoms with van der Waals surface area (Å²) in [5.74, 6) is 1.09. The highest BCUT2D eigenvalue weighted by Gasteiger charge is 2.52. The van der Waals surface area contributed by atoms with E-state index in [0.717, 1.165) is 23.2 Å². The SMILES string of the molecule is COC(=O)C1=NN(c2ccc(Cl)cc2)C2(C)c3cc(OC)c(OC)cc3CCN12. The van der Waals surface area contributed by atoms with Gasteiger partial charge in [-0.2, -0.15) is 0 Å². The van der Waals surface area contributed by atoms with E-state index in [4.69, 9.17) is 25.8 Å². The molecule has 29 heavy (non-hydrogen) atoms. The van der Waals surface area contributed by atoms with Crippen LogP contribution in [0, 0.1) is 0 Å². The molecular formula is C21H22ClN3O4. The van der Waals surface area contributed by atoms with Crippen molar-refractivity contribution in [2.24, 2.45) is 5.10 Å². The van der Waals surface area contributed by atoms with Crippen LogP contribution in [0.1, 0.15) is 18.1 Å². The number of esters is 1. The van der Waals surface area contributed by atoms with Crippen LogP contribution in [0.5, 0.6) is 11.5 Å². The third-order valence-corrected chi connectivity index (χ3v) is 5.80. The summed E-state index contributed by atoms with van der Waals surface area (Å²) in [6, 6.07) is 11.3. The zero-order valence-electron chi connectivity index (χ0n) is 16.7. The molecule has 4 rings (SSSR count). The Hall–Kier alpha value is -2.93. The highest BCUT2D eigenvalue weighted by Crippen LogP contribution is 2.47. The summed E-state index contributed by atoms with van der Waals surface area (Å²) in [6.07, 6.45) is 0.732. The number of nitrogens with zero attached hydrogens (tertiary/aromatic N) is 3. The van der Waals surface area contributed by atoms with Gasteiger partial charge < -0.3 is 19.1 Å². The van der Waals surface area contributed by atoms with E-state index in [-0.39, 0.29) is 5.84 Å². The van der Waals surface area contributed by atoms with Crippen LogP contribution in [0.15, 0.2) is 41.5 Å². The predicted octanol–water partition coefficient (Wildman–Crippen LogP) is 3.39. The molecule has 0 N–H and O–H groups in total. The maximum absolute atomic E-state index is 12.5. The number of ether oxygens (including phenoxy) is 3. The fraction of sp³-hybridized carbons (Fsp3) is 0.333. The summed E-state index contributed by atoms with van der Waals surface area (Å²) >= 11 is 6.08. The van der Waals surface area contributed by atoms with Gasteiger partial charge >= 0.3 is 5.97 Å². The van der Waals surface area contributed by atoms with E-state index in [1.165, 1.54) is 7.11 Å². The number of benzene rings is 2. The van der Waals surface area contributed by atoms with E-state index < -0.39 is 11.6 Å². The zero-order valence-corrected chi connectivity index (χ0v) is 17.5. The molecular weight excluding hydrogens is 394 g/mol. The Morgan fingerprint density at radius 3 is 2.38 bits per heavy atom. The molecule has 0 saturated carbocycles. The van der Waals surface area contributed by atoms with E-state index in [9.17, 15) is 4.79 Å². The number of hydrogen-bond donors (Lipinski definition) is 0. The van der Waals surface area contributed by atoms with Gasteiger partial charge in [0.05, 0.1) is 27.0 Å². The highest BCUT2D eigenvalue weighted by atomic mass is 35.5. The normalized spacial score (nSPS) is 20.0. The lowest BCUT2D eigenvalue weighted by Crippen LogP contribution is -2.55. The summed E-state index contributed by atoms with van der Waals surface area (Å²) in [7, 11) is 4.59. The molecule has 0 radical (unpaired) electrons. The van der Waals surface area contributed by atoms with Crippen molar-refractivity contribution in [3.05, 3.63) is 52.5 Å². The topological polar surface area (TPSA) is 63.6 Å². The van der Waals surface area contributed by atoms with Crippen molar-refractivity contribution in [3.63, 3.8) is 0 Å². The molecule has 1 atom stereocenters. The number of carbonyl (C=O) groups excluding carboxylic acids is 1. The molecule has 0 aromatic heterocycles. The van der Waals surface area contributed by atoms with Crippen LogP contribution in [0.3, 0.4) is 0 Å². The molecule has 2 heterocycles. The van der Waals surface area contributed by atoms with Crippen molar-refractivity contribution in [3.8, 4) is 11.5 Å². The summed E-state index contributed by atoms with van der Waals surface area (Å²) in [5, 5.41) is 7.12. The van der Waals surface area contributed by atoms with E-state index in [1.54, 1.807) is 26.4 Å². The quantitative estimate of drug-likeness (QED) is 0.713. The summed E-state index contributed by atoms with van der Waals surface area (Å²) in [5.41, 5.74) is 2.16. The highest BCUT2D eigenvalue weighted by molar-refractivity contribution is 6.36. The van der Waals surface area contributed by atoms with Crippen molar-refractivity contribution < 1.29 is 19.0 Å². The van der Waals surface area contributed by atoms with Gasteiger partial charge in [0, 0.05) is 17.1 Å². The minimum atomic E-state index is -0.746. The molecule has 0 spiro atoms. The molecule has 7 nitrogen and oxygen atoms in total. The number of methoxy groups -OCH3 is 3. The van der Waals surface area contributed by atoms with E-state index >= 15 is 0 Å². The monoisotopic (exact) mass is 415 g/mol. The van der Waals surface area contributed by atoms with Gasteiger partial charge in [-0.25, -0.2) is 9.80 Å². The second-order valence-corrected chi connectivity index (χ2v) is 7.43. The van der Waals surface area contributed by atoms with Crippen LogP contribution < -0.4 is 14.5 Å². The molecule has 2 aliphatic rings. The number of halogens is 1. The van der Waals surface area contributed by atoms with Gasteiger partial charge in [0.25, 0.3) is 0 Å². The summed E-state index contributed by atoms with van der Waals surface area (Å²) in [4.78, 5) is 14.5. The van der Waals surface area contributed by atoms with Crippen LogP contribution in [0.25, 0.3) is 0 Å². The van der Waals surface area contributed by atoms with Gasteiger partial charge in [-0.3, -0.25) is 0 Å². The molecule has 8 heteroatoms. The zero-order chi connectivity index (χ0) is 20.8. The van der Waals surface area contributed by atoms with E-state index in [0.29, 0.717) is 23.1 Å². The number of fused-ring (bicyclic) bond motifs is 3. The minimum absolute atomic E-state index is 0.269. The Labute approximate surface area is 174 Å². The molecule has 2 aromatic carbocycles. The number of hydrazone groups is 1.